The molecule has 0 aliphatic rings. The number of aromatic nitrogens is 3. The molecule has 0 saturated heterocycles. The van der Waals surface area contributed by atoms with Crippen LogP contribution in [0.15, 0.2) is 12.4 Å². The van der Waals surface area contributed by atoms with Gasteiger partial charge in [-0.3, -0.25) is 5.32 Å². The van der Waals surface area contributed by atoms with E-state index in [1.54, 1.807) is 26.8 Å². The highest BCUT2D eigenvalue weighted by Gasteiger charge is 2.23. The number of nitrogens with one attached hydrogen (secondary N) is 2. The van der Waals surface area contributed by atoms with Gasteiger partial charge in [-0.15, -0.1) is 0 Å². The highest BCUT2D eigenvalue weighted by Crippen LogP contribution is 2.25. The molecule has 0 spiro atoms. The first-order valence-electron chi connectivity index (χ1n) is 9.48. The number of carbonyl (C=O) groups is 3. The maximum Gasteiger partial charge on any atom is 0.419 e. The number of aliphatic hydroxyl groups is 1. The van der Waals surface area contributed by atoms with Crippen LogP contribution >= 0.6 is 0 Å². The van der Waals surface area contributed by atoms with Gasteiger partial charge in [0.1, 0.15) is 17.7 Å². The second-order valence-corrected chi connectivity index (χ2v) is 7.58. The lowest BCUT2D eigenvalue weighted by Gasteiger charge is -2.22. The predicted molar refractivity (Wildman–Crippen MR) is 110 cm³/mol. The third-order valence-corrected chi connectivity index (χ3v) is 4.13. The van der Waals surface area contributed by atoms with Crippen molar-refractivity contribution in [2.24, 2.45) is 0 Å². The van der Waals surface area contributed by atoms with E-state index in [1.807, 2.05) is 0 Å². The Morgan fingerprint density at radius 1 is 1.16 bits per heavy atom. The average Bonchev–Trinajstić information content (AvgIpc) is 3.08. The van der Waals surface area contributed by atoms with E-state index in [2.05, 4.69) is 25.3 Å². The maximum absolute atomic E-state index is 12.4. The topological polar surface area (TPSA) is 154 Å². The summed E-state index contributed by atoms with van der Waals surface area (Å²) < 4.78 is 15.9. The van der Waals surface area contributed by atoms with Crippen molar-refractivity contribution in [3.05, 3.63) is 18.1 Å². The number of hydrogen-bond acceptors (Lipinski definition) is 9. The molecule has 0 aliphatic heterocycles. The Morgan fingerprint density at radius 2 is 1.87 bits per heavy atom. The number of amides is 2. The predicted octanol–water partition coefficient (Wildman–Crippen LogP) is 2.04. The smallest absolute Gasteiger partial charge is 0.419 e. The maximum atomic E-state index is 12.4. The molecule has 31 heavy (non-hydrogen) atoms. The van der Waals surface area contributed by atoms with Crippen molar-refractivity contribution in [2.45, 2.75) is 45.3 Å². The number of aliphatic hydroxyl groups excluding tert-OH is 1. The molecule has 2 aromatic rings. The SMILES string of the molecule is COC(=O)Nc1ncnc2c1cc(CC[C@@H](CO)NC(=O)OC(C)(C)C)n2C(=O)OC. The van der Waals surface area contributed by atoms with Gasteiger partial charge in [-0.1, -0.05) is 0 Å². The van der Waals surface area contributed by atoms with Crippen LogP contribution < -0.4 is 10.6 Å². The van der Waals surface area contributed by atoms with E-state index >= 15 is 0 Å². The minimum absolute atomic E-state index is 0.159. The van der Waals surface area contributed by atoms with Crippen molar-refractivity contribution in [3.63, 3.8) is 0 Å². The number of ether oxygens (including phenoxy) is 3. The standard InChI is InChI=1S/C19H27N5O7/c1-19(2,3)31-17(27)22-11(9-25)6-7-12-8-13-14(23-16(26)29-4)20-10-21-15(13)24(12)18(28)30-5/h8,10-11,25H,6-7,9H2,1-5H3,(H,22,27)(H,20,21,23,26)/t11-/m0/s1. The molecule has 0 fully saturated rings. The van der Waals surface area contributed by atoms with Crippen molar-refractivity contribution in [1.82, 2.24) is 19.9 Å². The van der Waals surface area contributed by atoms with E-state index in [9.17, 15) is 19.5 Å². The van der Waals surface area contributed by atoms with Gasteiger partial charge >= 0.3 is 18.3 Å². The third-order valence-electron chi connectivity index (χ3n) is 4.13. The van der Waals surface area contributed by atoms with Crippen LogP contribution in [0.3, 0.4) is 0 Å². The van der Waals surface area contributed by atoms with Gasteiger partial charge < -0.3 is 24.6 Å². The number of aryl methyl sites for hydroxylation is 1. The first-order chi connectivity index (χ1) is 14.6. The summed E-state index contributed by atoms with van der Waals surface area (Å²) in [6, 6.07) is 1.01. The van der Waals surface area contributed by atoms with E-state index in [1.165, 1.54) is 25.1 Å². The zero-order valence-electron chi connectivity index (χ0n) is 18.1. The molecule has 2 amide bonds. The molecule has 0 bridgehead atoms. The number of nitrogens with zero attached hydrogens (tertiary/aromatic N) is 3. The summed E-state index contributed by atoms with van der Waals surface area (Å²) in [4.78, 5) is 44.1. The summed E-state index contributed by atoms with van der Waals surface area (Å²) in [6.07, 6.45) is -0.323. The zero-order valence-corrected chi connectivity index (χ0v) is 18.1. The van der Waals surface area contributed by atoms with E-state index in [0.717, 1.165) is 0 Å². The van der Waals surface area contributed by atoms with Gasteiger partial charge in [0.15, 0.2) is 5.65 Å². The van der Waals surface area contributed by atoms with E-state index in [4.69, 9.17) is 9.47 Å². The van der Waals surface area contributed by atoms with Crippen molar-refractivity contribution >= 4 is 35.1 Å². The lowest BCUT2D eigenvalue weighted by molar-refractivity contribution is 0.0479. The lowest BCUT2D eigenvalue weighted by Crippen LogP contribution is -2.41. The number of alkyl carbamates (subject to hydrolysis) is 1. The van der Waals surface area contributed by atoms with Crippen molar-refractivity contribution < 1.29 is 33.7 Å². The van der Waals surface area contributed by atoms with E-state index < -0.39 is 29.9 Å². The van der Waals surface area contributed by atoms with Crippen LogP contribution in [0, 0.1) is 0 Å². The fraction of sp³-hybridized carbons (Fsp3) is 0.526. The highest BCUT2D eigenvalue weighted by atomic mass is 16.6. The minimum atomic E-state index is -0.728. The molecule has 12 nitrogen and oxygen atoms in total. The van der Waals surface area contributed by atoms with Gasteiger partial charge in [0, 0.05) is 5.69 Å². The van der Waals surface area contributed by atoms with Gasteiger partial charge in [-0.05, 0) is 39.7 Å². The second kappa shape index (κ2) is 10.1. The fourth-order valence-electron chi connectivity index (χ4n) is 2.80. The number of rotatable bonds is 6. The molecule has 12 heteroatoms. The quantitative estimate of drug-likeness (QED) is 0.576. The number of carbonyl (C=O) groups excluding carboxylic acids is 3. The van der Waals surface area contributed by atoms with Crippen LogP contribution in [-0.2, 0) is 20.6 Å². The Labute approximate surface area is 178 Å². The lowest BCUT2D eigenvalue weighted by atomic mass is 10.1. The fourth-order valence-corrected chi connectivity index (χ4v) is 2.80. The number of hydrogen-bond donors (Lipinski definition) is 3. The van der Waals surface area contributed by atoms with Gasteiger partial charge in [-0.25, -0.2) is 28.9 Å². The molecule has 3 N–H and O–H groups in total. The van der Waals surface area contributed by atoms with Crippen molar-refractivity contribution in [2.75, 3.05) is 26.1 Å². The number of anilines is 1. The van der Waals surface area contributed by atoms with Crippen LogP contribution in [0.4, 0.5) is 20.2 Å². The van der Waals surface area contributed by atoms with Crippen LogP contribution in [0.1, 0.15) is 32.9 Å². The summed E-state index contributed by atoms with van der Waals surface area (Å²) >= 11 is 0. The molecule has 0 unspecified atom stereocenters. The first kappa shape index (κ1) is 23.9. The molecule has 1 atom stereocenters. The molecule has 0 saturated carbocycles. The molecule has 0 aliphatic carbocycles. The molecular formula is C19H27N5O7. The van der Waals surface area contributed by atoms with Gasteiger partial charge in [0.05, 0.1) is 32.3 Å². The van der Waals surface area contributed by atoms with Crippen LogP contribution in [0.25, 0.3) is 11.0 Å². The monoisotopic (exact) mass is 437 g/mol. The summed E-state index contributed by atoms with van der Waals surface area (Å²) in [5.41, 5.74) is 0.0342. The van der Waals surface area contributed by atoms with Crippen LogP contribution in [0.2, 0.25) is 0 Å². The zero-order chi connectivity index (χ0) is 23.2. The first-order valence-corrected chi connectivity index (χ1v) is 9.48. The van der Waals surface area contributed by atoms with Crippen LogP contribution in [-0.4, -0.2) is 70.4 Å². The molecule has 2 heterocycles. The van der Waals surface area contributed by atoms with Gasteiger partial charge in [0.2, 0.25) is 0 Å². The normalized spacial score (nSPS) is 12.2. The van der Waals surface area contributed by atoms with Crippen molar-refractivity contribution in [1.29, 1.82) is 0 Å². The molecule has 0 aromatic carbocycles. The van der Waals surface area contributed by atoms with E-state index in [-0.39, 0.29) is 30.9 Å². The summed E-state index contributed by atoms with van der Waals surface area (Å²) in [5, 5.41) is 15.1. The van der Waals surface area contributed by atoms with E-state index in [0.29, 0.717) is 11.1 Å². The largest absolute Gasteiger partial charge is 0.453 e. The molecule has 2 aromatic heterocycles. The average molecular weight is 437 g/mol. The number of methoxy groups -OCH3 is 2. The molecule has 170 valence electrons. The Hall–Kier alpha value is -3.41. The molecule has 0 radical (unpaired) electrons. The Balaban J connectivity index is 2.29. The molecule has 2 rings (SSSR count). The Kier molecular flexibility index (Phi) is 7.75. The minimum Gasteiger partial charge on any atom is -0.453 e. The highest BCUT2D eigenvalue weighted by molar-refractivity contribution is 5.99. The number of fused-ring (bicyclic) bond motifs is 1. The van der Waals surface area contributed by atoms with Crippen molar-refractivity contribution in [3.8, 4) is 0 Å². The summed E-state index contributed by atoms with van der Waals surface area (Å²) in [6.45, 7) is 4.87. The summed E-state index contributed by atoms with van der Waals surface area (Å²) in [7, 11) is 2.44. The van der Waals surface area contributed by atoms with Crippen LogP contribution in [0.5, 0.6) is 0 Å². The Bertz CT molecular complexity index is 951. The van der Waals surface area contributed by atoms with Gasteiger partial charge in [-0.2, -0.15) is 0 Å². The summed E-state index contributed by atoms with van der Waals surface area (Å²) in [5.74, 6) is 0.159. The third kappa shape index (κ3) is 6.28. The van der Waals surface area contributed by atoms with Gasteiger partial charge in [0.25, 0.3) is 0 Å². The molecular weight excluding hydrogens is 410 g/mol. The Morgan fingerprint density at radius 3 is 2.45 bits per heavy atom. The second-order valence-electron chi connectivity index (χ2n) is 7.58.